The Morgan fingerprint density at radius 3 is 2.89 bits per heavy atom. The molecular formula is C14H26O3Si. The summed E-state index contributed by atoms with van der Waals surface area (Å²) in [6.07, 6.45) is 9.48. The Morgan fingerprint density at radius 1 is 1.39 bits per heavy atom. The number of fused-ring (bicyclic) bond motifs is 2. The summed E-state index contributed by atoms with van der Waals surface area (Å²) in [7, 11) is 1.48. The van der Waals surface area contributed by atoms with Gasteiger partial charge in [-0.1, -0.05) is 18.6 Å². The van der Waals surface area contributed by atoms with E-state index in [1.807, 2.05) is 0 Å². The predicted molar refractivity (Wildman–Crippen MR) is 75.3 cm³/mol. The van der Waals surface area contributed by atoms with Crippen LogP contribution in [0.15, 0.2) is 12.2 Å². The van der Waals surface area contributed by atoms with E-state index in [9.17, 15) is 5.11 Å². The van der Waals surface area contributed by atoms with Crippen LogP contribution in [0.4, 0.5) is 0 Å². The molecule has 0 aromatic rings. The molecule has 1 fully saturated rings. The number of hydrogen-bond acceptors (Lipinski definition) is 3. The van der Waals surface area contributed by atoms with Crippen molar-refractivity contribution in [1.82, 2.24) is 0 Å². The van der Waals surface area contributed by atoms with Gasteiger partial charge in [0.05, 0.1) is 19.3 Å². The van der Waals surface area contributed by atoms with E-state index in [-0.39, 0.29) is 22.5 Å². The molecule has 2 bridgehead atoms. The van der Waals surface area contributed by atoms with Crippen LogP contribution < -0.4 is 0 Å². The Bertz CT molecular complexity index is 270. The van der Waals surface area contributed by atoms with Crippen molar-refractivity contribution in [2.45, 2.75) is 37.8 Å². The maximum absolute atomic E-state index is 9.33. The first-order chi connectivity index (χ1) is 8.83. The van der Waals surface area contributed by atoms with Crippen molar-refractivity contribution in [3.63, 3.8) is 0 Å². The molecule has 1 saturated carbocycles. The normalized spacial score (nSPS) is 31.8. The molecule has 0 amide bonds. The van der Waals surface area contributed by atoms with Crippen molar-refractivity contribution in [1.29, 1.82) is 0 Å². The smallest absolute Gasteiger partial charge is 0.161 e. The monoisotopic (exact) mass is 270 g/mol. The summed E-state index contributed by atoms with van der Waals surface area (Å²) in [6, 6.07) is 1.19. The fourth-order valence-electron chi connectivity index (χ4n) is 3.19. The van der Waals surface area contributed by atoms with Crippen LogP contribution in [0.1, 0.15) is 25.7 Å². The summed E-state index contributed by atoms with van der Waals surface area (Å²) < 4.78 is 11.1. The van der Waals surface area contributed by atoms with E-state index < -0.39 is 0 Å². The average Bonchev–Trinajstić information content (AvgIpc) is 3.00. The molecule has 2 aliphatic rings. The number of aliphatic hydroxyl groups is 1. The van der Waals surface area contributed by atoms with Crippen LogP contribution >= 0.6 is 0 Å². The second kappa shape index (κ2) is 7.43. The Balaban J connectivity index is 1.60. The van der Waals surface area contributed by atoms with Crippen LogP contribution in [0.5, 0.6) is 0 Å². The van der Waals surface area contributed by atoms with Gasteiger partial charge >= 0.3 is 0 Å². The second-order valence-corrected chi connectivity index (χ2v) is 7.36. The lowest BCUT2D eigenvalue weighted by Gasteiger charge is -2.22. The van der Waals surface area contributed by atoms with Crippen LogP contribution in [0, 0.1) is 17.8 Å². The molecule has 104 valence electrons. The van der Waals surface area contributed by atoms with Gasteiger partial charge in [0.2, 0.25) is 0 Å². The van der Waals surface area contributed by atoms with Gasteiger partial charge in [0.15, 0.2) is 9.76 Å². The SMILES string of the molecule is CO[SiH2]CCCC(CO)OCC1CC2C=CC1C2. The maximum Gasteiger partial charge on any atom is 0.161 e. The van der Waals surface area contributed by atoms with Gasteiger partial charge in [-0.2, -0.15) is 0 Å². The molecule has 0 radical (unpaired) electrons. The summed E-state index contributed by atoms with van der Waals surface area (Å²) in [6.45, 7) is 0.990. The first-order valence-electron chi connectivity index (χ1n) is 7.23. The zero-order valence-corrected chi connectivity index (χ0v) is 12.8. The Morgan fingerprint density at radius 2 is 2.28 bits per heavy atom. The number of ether oxygens (including phenoxy) is 1. The van der Waals surface area contributed by atoms with Crippen molar-refractivity contribution in [3.05, 3.63) is 12.2 Å². The molecule has 4 atom stereocenters. The predicted octanol–water partition coefficient (Wildman–Crippen LogP) is 1.50. The summed E-state index contributed by atoms with van der Waals surface area (Å²) in [5.41, 5.74) is 0. The third kappa shape index (κ3) is 3.92. The molecule has 3 nitrogen and oxygen atoms in total. The first-order valence-corrected chi connectivity index (χ1v) is 8.81. The van der Waals surface area contributed by atoms with Crippen molar-refractivity contribution < 1.29 is 14.3 Å². The van der Waals surface area contributed by atoms with Crippen LogP contribution in [-0.2, 0) is 9.16 Å². The van der Waals surface area contributed by atoms with Gasteiger partial charge in [-0.25, -0.2) is 0 Å². The van der Waals surface area contributed by atoms with Gasteiger partial charge < -0.3 is 14.3 Å². The molecule has 0 saturated heterocycles. The van der Waals surface area contributed by atoms with E-state index >= 15 is 0 Å². The van der Waals surface area contributed by atoms with Crippen molar-refractivity contribution in [2.75, 3.05) is 20.3 Å². The summed E-state index contributed by atoms with van der Waals surface area (Å²) in [4.78, 5) is 0. The molecule has 0 heterocycles. The van der Waals surface area contributed by atoms with E-state index in [0.717, 1.165) is 31.3 Å². The van der Waals surface area contributed by atoms with Gasteiger partial charge in [-0.15, -0.1) is 0 Å². The maximum atomic E-state index is 9.33. The number of hydrogen-bond donors (Lipinski definition) is 1. The minimum atomic E-state index is -0.310. The van der Waals surface area contributed by atoms with Gasteiger partial charge in [-0.05, 0) is 43.1 Å². The van der Waals surface area contributed by atoms with E-state index in [1.165, 1.54) is 18.9 Å². The lowest BCUT2D eigenvalue weighted by atomic mass is 9.94. The molecule has 2 aliphatic carbocycles. The summed E-state index contributed by atoms with van der Waals surface area (Å²) >= 11 is 0. The van der Waals surface area contributed by atoms with Crippen molar-refractivity contribution in [3.8, 4) is 0 Å². The summed E-state index contributed by atoms with van der Waals surface area (Å²) in [5, 5.41) is 9.33. The molecule has 1 N–H and O–H groups in total. The third-order valence-electron chi connectivity index (χ3n) is 4.29. The lowest BCUT2D eigenvalue weighted by molar-refractivity contribution is -0.0131. The highest BCUT2D eigenvalue weighted by molar-refractivity contribution is 6.26. The first kappa shape index (κ1) is 14.3. The Labute approximate surface area is 113 Å². The highest BCUT2D eigenvalue weighted by Gasteiger charge is 2.35. The minimum absolute atomic E-state index is 0.0407. The molecule has 0 spiro atoms. The van der Waals surface area contributed by atoms with Crippen molar-refractivity contribution >= 4 is 9.76 Å². The minimum Gasteiger partial charge on any atom is -0.427 e. The zero-order valence-electron chi connectivity index (χ0n) is 11.4. The van der Waals surface area contributed by atoms with E-state index in [0.29, 0.717) is 5.92 Å². The van der Waals surface area contributed by atoms with Crippen molar-refractivity contribution in [2.24, 2.45) is 17.8 Å². The molecular weight excluding hydrogens is 244 g/mol. The molecule has 0 aromatic heterocycles. The number of rotatable bonds is 9. The molecule has 2 rings (SSSR count). The van der Waals surface area contributed by atoms with Gasteiger partial charge in [-0.3, -0.25) is 0 Å². The Hall–Kier alpha value is -0.163. The lowest BCUT2D eigenvalue weighted by Crippen LogP contribution is -2.23. The Kier molecular flexibility index (Phi) is 5.88. The van der Waals surface area contributed by atoms with Gasteiger partial charge in [0.25, 0.3) is 0 Å². The van der Waals surface area contributed by atoms with Crippen LogP contribution in [0.2, 0.25) is 6.04 Å². The molecule has 4 heteroatoms. The average molecular weight is 270 g/mol. The molecule has 18 heavy (non-hydrogen) atoms. The van der Waals surface area contributed by atoms with Gasteiger partial charge in [0.1, 0.15) is 0 Å². The molecule has 0 aromatic carbocycles. The highest BCUT2D eigenvalue weighted by Crippen LogP contribution is 2.43. The molecule has 4 unspecified atom stereocenters. The van der Waals surface area contributed by atoms with Crippen LogP contribution in [-0.4, -0.2) is 41.3 Å². The fourth-order valence-corrected chi connectivity index (χ4v) is 3.97. The standard InChI is InChI=1S/C14H26O3Si/c1-16-18-6-2-3-14(9-15)17-10-13-8-11-4-5-12(13)7-11/h4-5,11-15H,2-3,6-10,18H2,1H3. The fraction of sp³-hybridized carbons (Fsp3) is 0.857. The largest absolute Gasteiger partial charge is 0.427 e. The van der Waals surface area contributed by atoms with E-state index in [1.54, 1.807) is 7.11 Å². The zero-order chi connectivity index (χ0) is 12.8. The highest BCUT2D eigenvalue weighted by atomic mass is 28.2. The van der Waals surface area contributed by atoms with E-state index in [2.05, 4.69) is 12.2 Å². The van der Waals surface area contributed by atoms with Crippen LogP contribution in [0.3, 0.4) is 0 Å². The topological polar surface area (TPSA) is 38.7 Å². The summed E-state index contributed by atoms with van der Waals surface area (Å²) in [5.74, 6) is 2.25. The third-order valence-corrected chi connectivity index (χ3v) is 5.49. The van der Waals surface area contributed by atoms with Gasteiger partial charge in [0, 0.05) is 7.11 Å². The number of allylic oxidation sites excluding steroid dienone is 2. The molecule has 0 aliphatic heterocycles. The second-order valence-electron chi connectivity index (χ2n) is 5.67. The van der Waals surface area contributed by atoms with E-state index in [4.69, 9.17) is 9.16 Å². The number of aliphatic hydroxyl groups excluding tert-OH is 1. The van der Waals surface area contributed by atoms with Crippen LogP contribution in [0.25, 0.3) is 0 Å². The quantitative estimate of drug-likeness (QED) is 0.392.